The fraction of sp³-hybridized carbons (Fsp3) is 0.364. The number of anilines is 2. The topological polar surface area (TPSA) is 58.6 Å². The van der Waals surface area contributed by atoms with Gasteiger partial charge in [0, 0.05) is 37.2 Å². The first-order chi connectivity index (χ1) is 13.6. The molecule has 5 nitrogen and oxygen atoms in total. The zero-order valence-electron chi connectivity index (χ0n) is 16.0. The van der Waals surface area contributed by atoms with Crippen LogP contribution in [0.1, 0.15) is 42.5 Å². The van der Waals surface area contributed by atoms with E-state index in [0.717, 1.165) is 18.8 Å². The van der Waals surface area contributed by atoms with Crippen molar-refractivity contribution in [1.82, 2.24) is 0 Å². The Kier molecular flexibility index (Phi) is 6.63. The molecule has 0 bridgehead atoms. The molecule has 28 heavy (non-hydrogen) atoms. The fourth-order valence-corrected chi connectivity index (χ4v) is 3.36. The lowest BCUT2D eigenvalue weighted by Crippen LogP contribution is -2.29. The first-order valence-electron chi connectivity index (χ1n) is 9.58. The largest absolute Gasteiger partial charge is 0.495 e. The molecule has 1 aliphatic rings. The van der Waals surface area contributed by atoms with Crippen molar-refractivity contribution in [3.05, 3.63) is 53.8 Å². The maximum atomic E-state index is 13.0. The quantitative estimate of drug-likeness (QED) is 0.718. The van der Waals surface area contributed by atoms with E-state index in [4.69, 9.17) is 4.74 Å². The van der Waals surface area contributed by atoms with E-state index in [1.807, 2.05) is 18.2 Å². The summed E-state index contributed by atoms with van der Waals surface area (Å²) in [5, 5.41) is 2.85. The number of ether oxygens (including phenoxy) is 1. The summed E-state index contributed by atoms with van der Waals surface area (Å²) in [6.07, 6.45) is 3.69. The fourth-order valence-electron chi connectivity index (χ4n) is 3.36. The van der Waals surface area contributed by atoms with Gasteiger partial charge in [-0.2, -0.15) is 0 Å². The van der Waals surface area contributed by atoms with Gasteiger partial charge < -0.3 is 15.0 Å². The van der Waals surface area contributed by atoms with Crippen molar-refractivity contribution >= 4 is 23.1 Å². The van der Waals surface area contributed by atoms with Crippen molar-refractivity contribution in [2.75, 3.05) is 30.4 Å². The van der Waals surface area contributed by atoms with Crippen molar-refractivity contribution in [1.29, 1.82) is 0 Å². The minimum Gasteiger partial charge on any atom is -0.495 e. The summed E-state index contributed by atoms with van der Waals surface area (Å²) in [5.74, 6) is -0.261. The van der Waals surface area contributed by atoms with Crippen LogP contribution in [0.5, 0.6) is 5.75 Å². The lowest BCUT2D eigenvalue weighted by molar-refractivity contribution is -0.116. The Balaban J connectivity index is 1.62. The van der Waals surface area contributed by atoms with Crippen LogP contribution >= 0.6 is 0 Å². The zero-order chi connectivity index (χ0) is 19.9. The van der Waals surface area contributed by atoms with Gasteiger partial charge in [-0.1, -0.05) is 0 Å². The second-order valence-corrected chi connectivity index (χ2v) is 6.91. The number of benzene rings is 2. The number of rotatable bonds is 7. The van der Waals surface area contributed by atoms with Crippen LogP contribution in [0.4, 0.5) is 15.8 Å². The van der Waals surface area contributed by atoms with E-state index in [1.165, 1.54) is 43.5 Å². The van der Waals surface area contributed by atoms with Crippen molar-refractivity contribution in [3.63, 3.8) is 0 Å². The van der Waals surface area contributed by atoms with Gasteiger partial charge in [0.25, 0.3) is 0 Å². The average molecular weight is 384 g/mol. The van der Waals surface area contributed by atoms with E-state index < -0.39 is 5.82 Å². The summed E-state index contributed by atoms with van der Waals surface area (Å²) in [5.41, 5.74) is 2.06. The molecule has 0 saturated carbocycles. The first kappa shape index (κ1) is 19.9. The van der Waals surface area contributed by atoms with Gasteiger partial charge in [-0.25, -0.2) is 4.39 Å². The molecule has 1 saturated heterocycles. The number of hydrogen-bond acceptors (Lipinski definition) is 4. The first-order valence-corrected chi connectivity index (χ1v) is 9.58. The van der Waals surface area contributed by atoms with Crippen LogP contribution in [0, 0.1) is 5.82 Å². The number of nitrogens with one attached hydrogen (secondary N) is 1. The van der Waals surface area contributed by atoms with Crippen molar-refractivity contribution in [2.45, 2.75) is 32.1 Å². The van der Waals surface area contributed by atoms with Crippen molar-refractivity contribution < 1.29 is 18.7 Å². The molecule has 1 fully saturated rings. The molecule has 1 aliphatic heterocycles. The molecule has 6 heteroatoms. The predicted octanol–water partition coefficient (Wildman–Crippen LogP) is 4.43. The molecular formula is C22H25FN2O3. The Hall–Kier alpha value is -2.89. The highest BCUT2D eigenvalue weighted by atomic mass is 19.1. The van der Waals surface area contributed by atoms with Crippen LogP contribution in [-0.2, 0) is 4.79 Å². The maximum Gasteiger partial charge on any atom is 0.224 e. The number of halogens is 1. The highest BCUT2D eigenvalue weighted by Crippen LogP contribution is 2.31. The van der Waals surface area contributed by atoms with E-state index in [1.54, 1.807) is 7.11 Å². The number of carbonyl (C=O) groups excluding carboxylic acids is 2. The number of nitrogens with zero attached hydrogens (tertiary/aromatic N) is 1. The smallest absolute Gasteiger partial charge is 0.224 e. The van der Waals surface area contributed by atoms with Crippen LogP contribution in [-0.4, -0.2) is 31.9 Å². The Labute approximate surface area is 164 Å². The summed E-state index contributed by atoms with van der Waals surface area (Å²) in [6, 6.07) is 11.1. The van der Waals surface area contributed by atoms with Crippen LogP contribution in [0.2, 0.25) is 0 Å². The second-order valence-electron chi connectivity index (χ2n) is 6.91. The molecule has 1 N–H and O–H groups in total. The number of Topliss-reactive ketones (excluding diaryl/α,β-unsaturated/α-hetero) is 1. The zero-order valence-corrected chi connectivity index (χ0v) is 16.0. The second kappa shape index (κ2) is 9.35. The summed E-state index contributed by atoms with van der Waals surface area (Å²) < 4.78 is 18.3. The van der Waals surface area contributed by atoms with Crippen LogP contribution in [0.3, 0.4) is 0 Å². The van der Waals surface area contributed by atoms with E-state index in [0.29, 0.717) is 17.0 Å². The van der Waals surface area contributed by atoms with Gasteiger partial charge in [0.05, 0.1) is 12.8 Å². The van der Waals surface area contributed by atoms with Crippen LogP contribution in [0.15, 0.2) is 42.5 Å². The molecule has 1 amide bonds. The van der Waals surface area contributed by atoms with E-state index in [2.05, 4.69) is 10.2 Å². The van der Waals surface area contributed by atoms with Gasteiger partial charge in [-0.05, 0) is 61.7 Å². The molecule has 0 unspecified atom stereocenters. The van der Waals surface area contributed by atoms with E-state index in [-0.39, 0.29) is 24.5 Å². The summed E-state index contributed by atoms with van der Waals surface area (Å²) in [6.45, 7) is 2.01. The minimum atomic E-state index is -0.394. The van der Waals surface area contributed by atoms with Gasteiger partial charge in [0.1, 0.15) is 11.6 Å². The lowest BCUT2D eigenvalue weighted by Gasteiger charge is -2.29. The van der Waals surface area contributed by atoms with E-state index >= 15 is 0 Å². The standard InChI is InChI=1S/C22H25FN2O3/c1-28-21-11-9-18(25-13-3-2-4-14-25)15-19(21)24-22(27)12-10-20(26)16-5-7-17(23)8-6-16/h5-9,11,15H,2-4,10,12-14H2,1H3,(H,24,27). The number of methoxy groups -OCH3 is 1. The van der Waals surface area contributed by atoms with Crippen molar-refractivity contribution in [3.8, 4) is 5.75 Å². The maximum absolute atomic E-state index is 13.0. The third-order valence-corrected chi connectivity index (χ3v) is 4.92. The molecular weight excluding hydrogens is 359 g/mol. The Morgan fingerprint density at radius 1 is 1.04 bits per heavy atom. The number of piperidine rings is 1. The Morgan fingerprint density at radius 3 is 2.43 bits per heavy atom. The van der Waals surface area contributed by atoms with Crippen molar-refractivity contribution in [2.24, 2.45) is 0 Å². The average Bonchev–Trinajstić information content (AvgIpc) is 2.73. The van der Waals surface area contributed by atoms with Gasteiger partial charge in [-0.3, -0.25) is 9.59 Å². The number of amides is 1. The minimum absolute atomic E-state index is 0.0489. The third-order valence-electron chi connectivity index (χ3n) is 4.92. The summed E-state index contributed by atoms with van der Waals surface area (Å²) in [4.78, 5) is 26.8. The summed E-state index contributed by atoms with van der Waals surface area (Å²) in [7, 11) is 1.56. The molecule has 0 spiro atoms. The number of ketones is 1. The lowest BCUT2D eigenvalue weighted by atomic mass is 10.1. The van der Waals surface area contributed by atoms with Crippen LogP contribution in [0.25, 0.3) is 0 Å². The Morgan fingerprint density at radius 2 is 1.75 bits per heavy atom. The van der Waals surface area contributed by atoms with Crippen LogP contribution < -0.4 is 15.0 Å². The van der Waals surface area contributed by atoms with Gasteiger partial charge in [-0.15, -0.1) is 0 Å². The van der Waals surface area contributed by atoms with Gasteiger partial charge in [0.2, 0.25) is 5.91 Å². The third kappa shape index (κ3) is 5.09. The van der Waals surface area contributed by atoms with Gasteiger partial charge >= 0.3 is 0 Å². The molecule has 1 heterocycles. The molecule has 0 aromatic heterocycles. The highest BCUT2D eigenvalue weighted by Gasteiger charge is 2.15. The molecule has 148 valence electrons. The molecule has 2 aromatic carbocycles. The number of carbonyl (C=O) groups is 2. The number of hydrogen-bond donors (Lipinski definition) is 1. The Bertz CT molecular complexity index is 830. The SMILES string of the molecule is COc1ccc(N2CCCCC2)cc1NC(=O)CCC(=O)c1ccc(F)cc1. The summed E-state index contributed by atoms with van der Waals surface area (Å²) >= 11 is 0. The highest BCUT2D eigenvalue weighted by molar-refractivity contribution is 6.00. The molecule has 3 rings (SSSR count). The van der Waals surface area contributed by atoms with E-state index in [9.17, 15) is 14.0 Å². The molecule has 2 aromatic rings. The normalized spacial score (nSPS) is 13.9. The monoisotopic (exact) mass is 384 g/mol. The molecule has 0 aliphatic carbocycles. The van der Waals surface area contributed by atoms with Gasteiger partial charge in [0.15, 0.2) is 5.78 Å². The molecule has 0 radical (unpaired) electrons. The molecule has 0 atom stereocenters. The predicted molar refractivity (Wildman–Crippen MR) is 108 cm³/mol.